The van der Waals surface area contributed by atoms with E-state index >= 15 is 0 Å². The third-order valence-corrected chi connectivity index (χ3v) is 3.03. The van der Waals surface area contributed by atoms with Gasteiger partial charge >= 0.3 is 5.97 Å². The van der Waals surface area contributed by atoms with Gasteiger partial charge in [0, 0.05) is 12.1 Å². The van der Waals surface area contributed by atoms with Gasteiger partial charge in [-0.3, -0.25) is 0 Å². The highest BCUT2D eigenvalue weighted by atomic mass is 16.5. The Morgan fingerprint density at radius 3 is 2.17 bits per heavy atom. The van der Waals surface area contributed by atoms with Crippen molar-refractivity contribution in [3.05, 3.63) is 77.9 Å². The number of carbonyl (C=O) groups is 1. The molecular weight excluding hydrogens is 304 g/mol. The average molecular weight is 322 g/mol. The topological polar surface area (TPSA) is 66.8 Å². The Hall–Kier alpha value is -3.27. The minimum Gasteiger partial charge on any atom is -0.508 e. The molecule has 122 valence electrons. The van der Waals surface area contributed by atoms with Crippen molar-refractivity contribution in [2.45, 2.75) is 6.92 Å². The highest BCUT2D eigenvalue weighted by Crippen LogP contribution is 2.22. The molecule has 0 aliphatic carbocycles. The number of ether oxygens (including phenoxy) is 1. The zero-order valence-electron chi connectivity index (χ0n) is 13.2. The number of hydrogen-bond donors (Lipinski definition) is 2. The second kappa shape index (κ2) is 8.39. The van der Waals surface area contributed by atoms with Crippen molar-refractivity contribution in [2.75, 3.05) is 0 Å². The molecule has 0 saturated carbocycles. The predicted octanol–water partition coefficient (Wildman–Crippen LogP) is 4.31. The molecule has 4 nitrogen and oxygen atoms in total. The molecule has 0 spiro atoms. The maximum Gasteiger partial charge on any atom is 0.336 e. The summed E-state index contributed by atoms with van der Waals surface area (Å²) in [7, 11) is 0. The van der Waals surface area contributed by atoms with Gasteiger partial charge in [-0.05, 0) is 42.3 Å². The molecule has 2 rings (SSSR count). The molecular formula is C20H18O4. The molecule has 0 aliphatic rings. The third-order valence-electron chi connectivity index (χ3n) is 3.03. The van der Waals surface area contributed by atoms with Crippen LogP contribution < -0.4 is 4.74 Å². The van der Waals surface area contributed by atoms with Crippen LogP contribution in [-0.2, 0) is 4.79 Å². The Morgan fingerprint density at radius 1 is 0.917 bits per heavy atom. The Morgan fingerprint density at radius 2 is 1.54 bits per heavy atom. The molecule has 0 unspecified atom stereocenters. The zero-order chi connectivity index (χ0) is 17.4. The lowest BCUT2D eigenvalue weighted by molar-refractivity contribution is -0.128. The monoisotopic (exact) mass is 322 g/mol. The Kier molecular flexibility index (Phi) is 5.97. The van der Waals surface area contributed by atoms with Crippen molar-refractivity contribution in [1.29, 1.82) is 0 Å². The van der Waals surface area contributed by atoms with Gasteiger partial charge in [0.05, 0.1) is 0 Å². The molecule has 0 bridgehead atoms. The first-order valence-electron chi connectivity index (χ1n) is 7.39. The van der Waals surface area contributed by atoms with E-state index in [-0.39, 0.29) is 11.5 Å². The molecule has 0 radical (unpaired) electrons. The fourth-order valence-electron chi connectivity index (χ4n) is 1.95. The average Bonchev–Trinajstić information content (AvgIpc) is 2.53. The Labute approximate surface area is 140 Å². The number of esters is 1. The number of rotatable bonds is 5. The number of allylic oxidation sites excluding steroid dienone is 3. The molecule has 0 atom stereocenters. The lowest BCUT2D eigenvalue weighted by Gasteiger charge is -2.02. The second-order valence-corrected chi connectivity index (χ2v) is 4.99. The summed E-state index contributed by atoms with van der Waals surface area (Å²) in [5.74, 6) is 0.0228. The van der Waals surface area contributed by atoms with Crippen LogP contribution in [0.3, 0.4) is 0 Å². The summed E-state index contributed by atoms with van der Waals surface area (Å²) in [6.07, 6.45) is 10.1. The summed E-state index contributed by atoms with van der Waals surface area (Å²) in [6, 6.07) is 11.4. The van der Waals surface area contributed by atoms with Gasteiger partial charge in [-0.15, -0.1) is 0 Å². The number of phenols is 2. The quantitative estimate of drug-likeness (QED) is 0.283. The van der Waals surface area contributed by atoms with Crippen molar-refractivity contribution >= 4 is 18.1 Å². The molecule has 4 heteroatoms. The summed E-state index contributed by atoms with van der Waals surface area (Å²) >= 11 is 0. The van der Waals surface area contributed by atoms with E-state index in [1.54, 1.807) is 54.6 Å². The predicted molar refractivity (Wildman–Crippen MR) is 94.7 cm³/mol. The number of phenolic OH excluding ortho intramolecular Hbond substituents is 2. The second-order valence-electron chi connectivity index (χ2n) is 4.99. The molecule has 2 aromatic carbocycles. The van der Waals surface area contributed by atoms with Gasteiger partial charge in [0.1, 0.15) is 17.2 Å². The van der Waals surface area contributed by atoms with Crippen molar-refractivity contribution in [3.8, 4) is 17.2 Å². The van der Waals surface area contributed by atoms with Crippen LogP contribution in [0.1, 0.15) is 18.1 Å². The molecule has 0 amide bonds. The summed E-state index contributed by atoms with van der Waals surface area (Å²) in [5.41, 5.74) is 1.57. The van der Waals surface area contributed by atoms with Gasteiger partial charge in [0.25, 0.3) is 0 Å². The summed E-state index contributed by atoms with van der Waals surface area (Å²) in [5, 5.41) is 18.9. The van der Waals surface area contributed by atoms with Crippen LogP contribution in [-0.4, -0.2) is 16.2 Å². The molecule has 0 fully saturated rings. The van der Waals surface area contributed by atoms with E-state index in [4.69, 9.17) is 4.74 Å². The normalized spacial score (nSPS) is 11.5. The standard InChI is InChI=1S/C20H18O4/c1-2-3-4-5-20(23)24-19-10-8-15(9-11-19)6-7-16-12-17(21)14-18(22)13-16/h2-14,21-22H,1H3/b3-2+,5-4+,7-6+. The largest absolute Gasteiger partial charge is 0.508 e. The van der Waals surface area contributed by atoms with E-state index in [1.165, 1.54) is 12.1 Å². The molecule has 0 aromatic heterocycles. The smallest absolute Gasteiger partial charge is 0.336 e. The number of hydrogen-bond acceptors (Lipinski definition) is 4. The number of aromatic hydroxyl groups is 2. The van der Waals surface area contributed by atoms with E-state index in [0.717, 1.165) is 5.56 Å². The summed E-state index contributed by atoms with van der Waals surface area (Å²) in [6.45, 7) is 1.86. The van der Waals surface area contributed by atoms with Crippen LogP contribution in [0.2, 0.25) is 0 Å². The molecule has 0 aliphatic heterocycles. The van der Waals surface area contributed by atoms with Crippen LogP contribution >= 0.6 is 0 Å². The molecule has 0 heterocycles. The van der Waals surface area contributed by atoms with Crippen LogP contribution in [0.25, 0.3) is 12.2 Å². The molecule has 2 aromatic rings. The van der Waals surface area contributed by atoms with E-state index in [1.807, 2.05) is 19.1 Å². The SMILES string of the molecule is C/C=C/C=C/C(=O)Oc1ccc(/C=C/c2cc(O)cc(O)c2)cc1. The Balaban J connectivity index is 2.01. The zero-order valence-corrected chi connectivity index (χ0v) is 13.2. The van der Waals surface area contributed by atoms with Crippen molar-refractivity contribution in [1.82, 2.24) is 0 Å². The third kappa shape index (κ3) is 5.50. The van der Waals surface area contributed by atoms with Crippen LogP contribution in [0.4, 0.5) is 0 Å². The van der Waals surface area contributed by atoms with Crippen LogP contribution in [0.15, 0.2) is 66.8 Å². The molecule has 24 heavy (non-hydrogen) atoms. The molecule has 0 saturated heterocycles. The van der Waals surface area contributed by atoms with E-state index in [2.05, 4.69) is 0 Å². The maximum atomic E-state index is 11.5. The fourth-order valence-corrected chi connectivity index (χ4v) is 1.95. The van der Waals surface area contributed by atoms with Crippen LogP contribution in [0.5, 0.6) is 17.2 Å². The van der Waals surface area contributed by atoms with Crippen molar-refractivity contribution < 1.29 is 19.7 Å². The molecule has 2 N–H and O–H groups in total. The van der Waals surface area contributed by atoms with Gasteiger partial charge in [0.15, 0.2) is 0 Å². The Bertz CT molecular complexity index is 764. The van der Waals surface area contributed by atoms with E-state index in [9.17, 15) is 15.0 Å². The van der Waals surface area contributed by atoms with Gasteiger partial charge in [-0.2, -0.15) is 0 Å². The van der Waals surface area contributed by atoms with Gasteiger partial charge in [-0.25, -0.2) is 4.79 Å². The summed E-state index contributed by atoms with van der Waals surface area (Å²) in [4.78, 5) is 11.5. The van der Waals surface area contributed by atoms with E-state index < -0.39 is 5.97 Å². The van der Waals surface area contributed by atoms with Gasteiger partial charge in [0.2, 0.25) is 0 Å². The first-order chi connectivity index (χ1) is 11.6. The lowest BCUT2D eigenvalue weighted by Crippen LogP contribution is -2.03. The maximum absolute atomic E-state index is 11.5. The summed E-state index contributed by atoms with van der Waals surface area (Å²) < 4.78 is 5.16. The van der Waals surface area contributed by atoms with E-state index in [0.29, 0.717) is 11.3 Å². The van der Waals surface area contributed by atoms with Gasteiger partial charge in [-0.1, -0.05) is 42.5 Å². The first kappa shape index (κ1) is 17.1. The highest BCUT2D eigenvalue weighted by Gasteiger charge is 2.00. The minimum atomic E-state index is -0.438. The van der Waals surface area contributed by atoms with Crippen molar-refractivity contribution in [3.63, 3.8) is 0 Å². The number of benzene rings is 2. The van der Waals surface area contributed by atoms with Crippen molar-refractivity contribution in [2.24, 2.45) is 0 Å². The fraction of sp³-hybridized carbons (Fsp3) is 0.0500. The first-order valence-corrected chi connectivity index (χ1v) is 7.39. The van der Waals surface area contributed by atoms with Gasteiger partial charge < -0.3 is 14.9 Å². The highest BCUT2D eigenvalue weighted by molar-refractivity contribution is 5.84. The minimum absolute atomic E-state index is 0.00267. The lowest BCUT2D eigenvalue weighted by atomic mass is 10.1. The van der Waals surface area contributed by atoms with Crippen LogP contribution in [0, 0.1) is 0 Å². The number of carbonyl (C=O) groups excluding carboxylic acids is 1.